The van der Waals surface area contributed by atoms with Crippen LogP contribution in [0.3, 0.4) is 0 Å². The maximum atomic E-state index is 11.3. The van der Waals surface area contributed by atoms with E-state index in [4.69, 9.17) is 16.6 Å². The fourth-order valence-corrected chi connectivity index (χ4v) is 1.72. The van der Waals surface area contributed by atoms with E-state index in [-0.39, 0.29) is 23.1 Å². The lowest BCUT2D eigenvalue weighted by Crippen LogP contribution is -2.25. The van der Waals surface area contributed by atoms with Gasteiger partial charge in [-0.25, -0.2) is 0 Å². The molecule has 0 aliphatic rings. The van der Waals surface area contributed by atoms with Crippen LogP contribution in [0.15, 0.2) is 12.1 Å². The van der Waals surface area contributed by atoms with Crippen molar-refractivity contribution in [2.24, 2.45) is 11.5 Å². The van der Waals surface area contributed by atoms with Crippen LogP contribution in [0.2, 0.25) is 0 Å². The van der Waals surface area contributed by atoms with Crippen molar-refractivity contribution in [2.75, 3.05) is 6.61 Å². The van der Waals surface area contributed by atoms with Crippen molar-refractivity contribution in [3.8, 4) is 0 Å². The van der Waals surface area contributed by atoms with E-state index in [2.05, 4.69) is 0 Å². The van der Waals surface area contributed by atoms with E-state index in [1.807, 2.05) is 0 Å². The molecule has 20 heavy (non-hydrogen) atoms. The monoisotopic (exact) mass is 283 g/mol. The number of carbonyl (C=O) groups is 2. The van der Waals surface area contributed by atoms with Gasteiger partial charge in [-0.05, 0) is 5.56 Å². The number of nitro groups is 1. The molecule has 0 saturated carbocycles. The van der Waals surface area contributed by atoms with Crippen LogP contribution in [0.5, 0.6) is 0 Å². The fourth-order valence-electron chi connectivity index (χ4n) is 1.72. The maximum Gasteiger partial charge on any atom is 0.271 e. The van der Waals surface area contributed by atoms with Crippen LogP contribution in [-0.4, -0.2) is 39.7 Å². The molecule has 2 amide bonds. The van der Waals surface area contributed by atoms with Crippen molar-refractivity contribution < 1.29 is 24.7 Å². The number of aliphatic hydroxyl groups is 2. The van der Waals surface area contributed by atoms with Crippen LogP contribution < -0.4 is 11.5 Å². The summed E-state index contributed by atoms with van der Waals surface area (Å²) >= 11 is 0. The van der Waals surface area contributed by atoms with E-state index in [9.17, 15) is 24.8 Å². The quantitative estimate of drug-likeness (QED) is 0.373. The van der Waals surface area contributed by atoms with E-state index in [0.717, 1.165) is 12.1 Å². The molecule has 1 unspecified atom stereocenters. The highest BCUT2D eigenvalue weighted by Crippen LogP contribution is 2.24. The molecular formula is C11H13N3O6. The Hall–Kier alpha value is -2.52. The highest BCUT2D eigenvalue weighted by Gasteiger charge is 2.23. The highest BCUT2D eigenvalue weighted by molar-refractivity contribution is 6.02. The van der Waals surface area contributed by atoms with Crippen molar-refractivity contribution in [3.63, 3.8) is 0 Å². The summed E-state index contributed by atoms with van der Waals surface area (Å²) in [4.78, 5) is 32.6. The first-order chi connectivity index (χ1) is 9.27. The summed E-state index contributed by atoms with van der Waals surface area (Å²) in [6, 6.07) is 1.79. The van der Waals surface area contributed by atoms with Gasteiger partial charge in [0.15, 0.2) is 0 Å². The minimum atomic E-state index is -1.26. The van der Waals surface area contributed by atoms with E-state index in [1.54, 1.807) is 0 Å². The number of primary amides is 2. The van der Waals surface area contributed by atoms with Crippen molar-refractivity contribution in [1.29, 1.82) is 0 Å². The van der Waals surface area contributed by atoms with E-state index in [0.29, 0.717) is 0 Å². The molecule has 0 radical (unpaired) electrons. The third-order valence-electron chi connectivity index (χ3n) is 2.63. The summed E-state index contributed by atoms with van der Waals surface area (Å²) in [5.74, 6) is -2.01. The van der Waals surface area contributed by atoms with Crippen LogP contribution in [0.4, 0.5) is 5.69 Å². The number of carbonyl (C=O) groups excluding carboxylic acids is 2. The van der Waals surface area contributed by atoms with E-state index >= 15 is 0 Å². The first kappa shape index (κ1) is 15.5. The molecule has 6 N–H and O–H groups in total. The second-order valence-electron chi connectivity index (χ2n) is 4.05. The first-order valence-corrected chi connectivity index (χ1v) is 5.47. The van der Waals surface area contributed by atoms with Gasteiger partial charge in [-0.2, -0.15) is 0 Å². The summed E-state index contributed by atoms with van der Waals surface area (Å²) in [5.41, 5.74) is 9.09. The average Bonchev–Trinajstić information content (AvgIpc) is 2.37. The van der Waals surface area contributed by atoms with Crippen LogP contribution in [-0.2, 0) is 6.42 Å². The molecule has 0 aromatic heterocycles. The van der Waals surface area contributed by atoms with Crippen LogP contribution in [0.25, 0.3) is 0 Å². The molecular weight excluding hydrogens is 270 g/mol. The molecule has 1 atom stereocenters. The second kappa shape index (κ2) is 6.08. The van der Waals surface area contributed by atoms with Crippen molar-refractivity contribution in [3.05, 3.63) is 38.9 Å². The number of non-ortho nitro benzene ring substituents is 1. The maximum absolute atomic E-state index is 11.3. The van der Waals surface area contributed by atoms with Crippen LogP contribution in [0, 0.1) is 10.1 Å². The molecule has 0 heterocycles. The van der Waals surface area contributed by atoms with Gasteiger partial charge in [0.1, 0.15) is 0 Å². The van der Waals surface area contributed by atoms with Gasteiger partial charge < -0.3 is 21.7 Å². The Labute approximate surface area is 113 Å². The summed E-state index contributed by atoms with van der Waals surface area (Å²) < 4.78 is 0. The summed E-state index contributed by atoms with van der Waals surface area (Å²) in [5, 5.41) is 29.0. The van der Waals surface area contributed by atoms with Crippen LogP contribution >= 0.6 is 0 Å². The molecule has 9 nitrogen and oxygen atoms in total. The van der Waals surface area contributed by atoms with Gasteiger partial charge >= 0.3 is 0 Å². The SMILES string of the molecule is NC(=O)c1cc([N+](=O)[O-])cc(C(N)=O)c1CC(O)CO. The zero-order valence-corrected chi connectivity index (χ0v) is 10.3. The Balaban J connectivity index is 3.55. The summed E-state index contributed by atoms with van der Waals surface area (Å²) in [7, 11) is 0. The van der Waals surface area contributed by atoms with Gasteiger partial charge in [0.05, 0.1) is 17.6 Å². The Morgan fingerprint density at radius 1 is 1.25 bits per heavy atom. The van der Waals surface area contributed by atoms with Gasteiger partial charge in [0.25, 0.3) is 5.69 Å². The molecule has 0 spiro atoms. The molecule has 0 aliphatic heterocycles. The second-order valence-corrected chi connectivity index (χ2v) is 4.05. The molecule has 1 aromatic carbocycles. The predicted octanol–water partition coefficient (Wildman–Crippen LogP) is -1.31. The number of nitrogens with two attached hydrogens (primary N) is 2. The zero-order chi connectivity index (χ0) is 15.4. The van der Waals surface area contributed by atoms with Gasteiger partial charge in [-0.15, -0.1) is 0 Å². The largest absolute Gasteiger partial charge is 0.394 e. The van der Waals surface area contributed by atoms with Gasteiger partial charge in [-0.1, -0.05) is 0 Å². The number of nitro benzene ring substituents is 1. The minimum Gasteiger partial charge on any atom is -0.394 e. The highest BCUT2D eigenvalue weighted by atomic mass is 16.6. The normalized spacial score (nSPS) is 11.9. The summed E-state index contributed by atoms with van der Waals surface area (Å²) in [6.07, 6.45) is -1.54. The molecule has 1 aromatic rings. The lowest BCUT2D eigenvalue weighted by Gasteiger charge is -2.13. The van der Waals surface area contributed by atoms with Gasteiger partial charge in [0.2, 0.25) is 11.8 Å². The lowest BCUT2D eigenvalue weighted by atomic mass is 9.94. The zero-order valence-electron chi connectivity index (χ0n) is 10.3. The van der Waals surface area contributed by atoms with Crippen molar-refractivity contribution in [2.45, 2.75) is 12.5 Å². The molecule has 0 fully saturated rings. The number of amides is 2. The molecule has 1 rings (SSSR count). The molecule has 108 valence electrons. The Morgan fingerprint density at radius 3 is 2.00 bits per heavy atom. The smallest absolute Gasteiger partial charge is 0.271 e. The predicted molar refractivity (Wildman–Crippen MR) is 66.9 cm³/mol. The van der Waals surface area contributed by atoms with Crippen molar-refractivity contribution >= 4 is 17.5 Å². The average molecular weight is 283 g/mol. The number of rotatable bonds is 6. The van der Waals surface area contributed by atoms with Crippen molar-refractivity contribution in [1.82, 2.24) is 0 Å². The first-order valence-electron chi connectivity index (χ1n) is 5.47. The molecule has 0 saturated heterocycles. The molecule has 0 aliphatic carbocycles. The summed E-state index contributed by atoms with van der Waals surface area (Å²) in [6.45, 7) is -0.618. The number of hydrogen-bond donors (Lipinski definition) is 4. The molecule has 0 bridgehead atoms. The number of hydrogen-bond acceptors (Lipinski definition) is 6. The molecule has 9 heteroatoms. The Bertz CT molecular complexity index is 536. The minimum absolute atomic E-state index is 0.0304. The van der Waals surface area contributed by atoms with E-state index < -0.39 is 35.1 Å². The van der Waals surface area contributed by atoms with E-state index in [1.165, 1.54) is 0 Å². The van der Waals surface area contributed by atoms with Crippen LogP contribution in [0.1, 0.15) is 26.3 Å². The number of aliphatic hydroxyl groups excluding tert-OH is 2. The standard InChI is InChI=1S/C11H13N3O6/c12-10(17)8-1-5(14(19)20)2-9(11(13)18)7(8)3-6(16)4-15/h1-2,6,15-16H,3-4H2,(H2,12,17)(H2,13,18). The Morgan fingerprint density at radius 2 is 1.70 bits per heavy atom. The fraction of sp³-hybridized carbons (Fsp3) is 0.273. The lowest BCUT2D eigenvalue weighted by molar-refractivity contribution is -0.384. The van der Waals surface area contributed by atoms with Gasteiger partial charge in [-0.3, -0.25) is 19.7 Å². The number of nitrogens with zero attached hydrogens (tertiary/aromatic N) is 1. The Kier molecular flexibility index (Phi) is 4.73. The van der Waals surface area contributed by atoms with Gasteiger partial charge in [0, 0.05) is 29.7 Å². The topological polar surface area (TPSA) is 170 Å². The third-order valence-corrected chi connectivity index (χ3v) is 2.63. The third kappa shape index (κ3) is 3.28. The number of benzene rings is 1.